The monoisotopic (exact) mass is 144 g/mol. The zero-order valence-electron chi connectivity index (χ0n) is 6.04. The predicted molar refractivity (Wildman–Crippen MR) is 36.4 cm³/mol. The number of hydrogen-bond acceptors (Lipinski definition) is 3. The Morgan fingerprint density at radius 1 is 1.80 bits per heavy atom. The maximum Gasteiger partial charge on any atom is 0.247 e. The first-order valence-corrected chi connectivity index (χ1v) is 3.29. The van der Waals surface area contributed by atoms with Crippen molar-refractivity contribution in [2.24, 2.45) is 5.73 Å². The van der Waals surface area contributed by atoms with Crippen LogP contribution in [0.25, 0.3) is 0 Å². The van der Waals surface area contributed by atoms with Gasteiger partial charge in [-0.05, 0) is 7.05 Å². The van der Waals surface area contributed by atoms with Crippen LogP contribution in [0, 0.1) is 0 Å². The van der Waals surface area contributed by atoms with Crippen LogP contribution >= 0.6 is 0 Å². The van der Waals surface area contributed by atoms with Crippen LogP contribution in [0.1, 0.15) is 0 Å². The number of ether oxygens (including phenoxy) is 1. The fraction of sp³-hybridized carbons (Fsp3) is 0.833. The van der Waals surface area contributed by atoms with Gasteiger partial charge in [0, 0.05) is 13.1 Å². The van der Waals surface area contributed by atoms with E-state index in [4.69, 9.17) is 10.5 Å². The van der Waals surface area contributed by atoms with Gasteiger partial charge in [0.25, 0.3) is 0 Å². The molecule has 0 aromatic carbocycles. The molecule has 1 saturated heterocycles. The summed E-state index contributed by atoms with van der Waals surface area (Å²) in [5, 5.41) is 0. The Morgan fingerprint density at radius 3 is 2.90 bits per heavy atom. The van der Waals surface area contributed by atoms with Crippen molar-refractivity contribution >= 4 is 5.91 Å². The summed E-state index contributed by atoms with van der Waals surface area (Å²) >= 11 is 0. The van der Waals surface area contributed by atoms with E-state index in [1.807, 2.05) is 11.9 Å². The van der Waals surface area contributed by atoms with Crippen LogP contribution in [0.4, 0.5) is 0 Å². The Hall–Kier alpha value is -0.610. The lowest BCUT2D eigenvalue weighted by Gasteiger charge is -2.27. The van der Waals surface area contributed by atoms with E-state index >= 15 is 0 Å². The zero-order valence-corrected chi connectivity index (χ0v) is 6.04. The SMILES string of the molecule is CN1CCO[C@H](C(N)=O)C1. The van der Waals surface area contributed by atoms with Crippen LogP contribution in [-0.4, -0.2) is 43.7 Å². The molecular formula is C6H12N2O2. The average molecular weight is 144 g/mol. The summed E-state index contributed by atoms with van der Waals surface area (Å²) in [7, 11) is 1.94. The number of amides is 1. The third-order valence-corrected chi connectivity index (χ3v) is 1.59. The van der Waals surface area contributed by atoms with Crippen molar-refractivity contribution in [2.45, 2.75) is 6.10 Å². The third kappa shape index (κ3) is 1.68. The van der Waals surface area contributed by atoms with Gasteiger partial charge in [0.2, 0.25) is 5.91 Å². The Morgan fingerprint density at radius 2 is 2.50 bits per heavy atom. The summed E-state index contributed by atoms with van der Waals surface area (Å²) in [6.07, 6.45) is -0.404. The topological polar surface area (TPSA) is 55.6 Å². The molecule has 1 atom stereocenters. The number of likely N-dealkylation sites (N-methyl/N-ethyl adjacent to an activating group) is 1. The van der Waals surface area contributed by atoms with Crippen molar-refractivity contribution in [3.05, 3.63) is 0 Å². The molecule has 1 amide bonds. The lowest BCUT2D eigenvalue weighted by molar-refractivity contribution is -0.134. The quantitative estimate of drug-likeness (QED) is 0.503. The molecule has 0 radical (unpaired) electrons. The van der Waals surface area contributed by atoms with Gasteiger partial charge < -0.3 is 15.4 Å². The second-order valence-corrected chi connectivity index (χ2v) is 2.52. The molecule has 1 aliphatic heterocycles. The fourth-order valence-corrected chi connectivity index (χ4v) is 0.950. The Kier molecular flexibility index (Phi) is 2.24. The summed E-state index contributed by atoms with van der Waals surface area (Å²) in [4.78, 5) is 12.6. The van der Waals surface area contributed by atoms with E-state index in [0.29, 0.717) is 13.2 Å². The number of nitrogens with two attached hydrogens (primary N) is 1. The van der Waals surface area contributed by atoms with Gasteiger partial charge in [0.15, 0.2) is 0 Å². The van der Waals surface area contributed by atoms with E-state index < -0.39 is 6.10 Å². The van der Waals surface area contributed by atoms with Crippen LogP contribution in [0.15, 0.2) is 0 Å². The summed E-state index contributed by atoms with van der Waals surface area (Å²) < 4.78 is 5.09. The Bertz CT molecular complexity index is 138. The molecule has 58 valence electrons. The van der Waals surface area contributed by atoms with Crippen LogP contribution < -0.4 is 5.73 Å². The van der Waals surface area contributed by atoms with Gasteiger partial charge >= 0.3 is 0 Å². The molecule has 2 N–H and O–H groups in total. The maximum atomic E-state index is 10.6. The molecule has 10 heavy (non-hydrogen) atoms. The maximum absolute atomic E-state index is 10.6. The summed E-state index contributed by atoms with van der Waals surface area (Å²) in [5.41, 5.74) is 5.04. The number of rotatable bonds is 1. The van der Waals surface area contributed by atoms with Crippen molar-refractivity contribution in [1.82, 2.24) is 4.90 Å². The second-order valence-electron chi connectivity index (χ2n) is 2.52. The van der Waals surface area contributed by atoms with Crippen molar-refractivity contribution < 1.29 is 9.53 Å². The summed E-state index contributed by atoms with van der Waals surface area (Å²) in [6, 6.07) is 0. The Balaban J connectivity index is 2.39. The van der Waals surface area contributed by atoms with Crippen molar-refractivity contribution in [3.8, 4) is 0 Å². The van der Waals surface area contributed by atoms with E-state index in [2.05, 4.69) is 0 Å². The van der Waals surface area contributed by atoms with Crippen molar-refractivity contribution in [1.29, 1.82) is 0 Å². The van der Waals surface area contributed by atoms with E-state index in [0.717, 1.165) is 6.54 Å². The largest absolute Gasteiger partial charge is 0.367 e. The van der Waals surface area contributed by atoms with Crippen LogP contribution in [0.5, 0.6) is 0 Å². The number of nitrogens with zero attached hydrogens (tertiary/aromatic N) is 1. The fourth-order valence-electron chi connectivity index (χ4n) is 0.950. The first-order chi connectivity index (χ1) is 4.70. The minimum absolute atomic E-state index is 0.369. The van der Waals surface area contributed by atoms with Gasteiger partial charge in [-0.2, -0.15) is 0 Å². The second kappa shape index (κ2) is 2.98. The average Bonchev–Trinajstić information content (AvgIpc) is 1.88. The molecular weight excluding hydrogens is 132 g/mol. The first-order valence-electron chi connectivity index (χ1n) is 3.29. The highest BCUT2D eigenvalue weighted by Gasteiger charge is 2.21. The zero-order chi connectivity index (χ0) is 7.56. The minimum atomic E-state index is -0.404. The van der Waals surface area contributed by atoms with Gasteiger partial charge in [-0.1, -0.05) is 0 Å². The lowest BCUT2D eigenvalue weighted by Crippen LogP contribution is -2.46. The third-order valence-electron chi connectivity index (χ3n) is 1.59. The molecule has 4 heteroatoms. The highest BCUT2D eigenvalue weighted by Crippen LogP contribution is 2.00. The molecule has 4 nitrogen and oxygen atoms in total. The molecule has 1 heterocycles. The number of carbonyl (C=O) groups excluding carboxylic acids is 1. The predicted octanol–water partition coefficient (Wildman–Crippen LogP) is -1.20. The number of morpholine rings is 1. The van der Waals surface area contributed by atoms with E-state index in [-0.39, 0.29) is 5.91 Å². The van der Waals surface area contributed by atoms with Gasteiger partial charge in [-0.25, -0.2) is 0 Å². The molecule has 0 bridgehead atoms. The van der Waals surface area contributed by atoms with Gasteiger partial charge in [-0.15, -0.1) is 0 Å². The number of carbonyl (C=O) groups is 1. The smallest absolute Gasteiger partial charge is 0.247 e. The molecule has 0 unspecified atom stereocenters. The first kappa shape index (κ1) is 7.50. The van der Waals surface area contributed by atoms with E-state index in [9.17, 15) is 4.79 Å². The summed E-state index contributed by atoms with van der Waals surface area (Å²) in [6.45, 7) is 2.10. The number of hydrogen-bond donors (Lipinski definition) is 1. The standard InChI is InChI=1S/C6H12N2O2/c1-8-2-3-10-5(4-8)6(7)9/h5H,2-4H2,1H3,(H2,7,9)/t5-/m0/s1. The Labute approximate surface area is 59.9 Å². The number of primary amides is 1. The van der Waals surface area contributed by atoms with E-state index in [1.54, 1.807) is 0 Å². The molecule has 0 aromatic rings. The molecule has 1 rings (SSSR count). The molecule has 0 saturated carbocycles. The lowest BCUT2D eigenvalue weighted by atomic mass is 10.3. The molecule has 1 aliphatic rings. The molecule has 0 spiro atoms. The van der Waals surface area contributed by atoms with Crippen LogP contribution in [0.3, 0.4) is 0 Å². The van der Waals surface area contributed by atoms with Crippen molar-refractivity contribution in [2.75, 3.05) is 26.7 Å². The normalized spacial score (nSPS) is 28.3. The summed E-state index contributed by atoms with van der Waals surface area (Å²) in [5.74, 6) is -0.369. The highest BCUT2D eigenvalue weighted by molar-refractivity contribution is 5.79. The highest BCUT2D eigenvalue weighted by atomic mass is 16.5. The van der Waals surface area contributed by atoms with Gasteiger partial charge in [0.05, 0.1) is 6.61 Å². The van der Waals surface area contributed by atoms with Crippen molar-refractivity contribution in [3.63, 3.8) is 0 Å². The molecule has 0 aliphatic carbocycles. The van der Waals surface area contributed by atoms with Crippen LogP contribution in [-0.2, 0) is 9.53 Å². The van der Waals surface area contributed by atoms with Gasteiger partial charge in [0.1, 0.15) is 6.10 Å². The van der Waals surface area contributed by atoms with Gasteiger partial charge in [-0.3, -0.25) is 4.79 Å². The van der Waals surface area contributed by atoms with E-state index in [1.165, 1.54) is 0 Å². The molecule has 0 aromatic heterocycles. The minimum Gasteiger partial charge on any atom is -0.367 e. The van der Waals surface area contributed by atoms with Crippen LogP contribution in [0.2, 0.25) is 0 Å². The molecule has 1 fully saturated rings.